The molecule has 1 fully saturated rings. The van der Waals surface area contributed by atoms with Gasteiger partial charge in [-0.2, -0.15) is 4.80 Å². The highest BCUT2D eigenvalue weighted by atomic mass is 15.6. The number of nitrogens with two attached hydrogens (primary N) is 1. The second-order valence-electron chi connectivity index (χ2n) is 5.73. The molecule has 1 saturated carbocycles. The Hall–Kier alpha value is -0.970. The van der Waals surface area contributed by atoms with Crippen LogP contribution in [0, 0.1) is 11.3 Å². The first kappa shape index (κ1) is 11.5. The average molecular weight is 223 g/mol. The van der Waals surface area contributed by atoms with Crippen LogP contribution in [0.2, 0.25) is 0 Å². The predicted octanol–water partition coefficient (Wildman–Crippen LogP) is 0.906. The van der Waals surface area contributed by atoms with E-state index >= 15 is 0 Å². The molecule has 0 radical (unpaired) electrons. The monoisotopic (exact) mass is 223 g/mol. The molecule has 5 nitrogen and oxygen atoms in total. The molecule has 1 aliphatic carbocycles. The number of rotatable bonds is 2. The summed E-state index contributed by atoms with van der Waals surface area (Å²) >= 11 is 0. The maximum absolute atomic E-state index is 6.17. The molecular weight excluding hydrogens is 202 g/mol. The van der Waals surface area contributed by atoms with Crippen molar-refractivity contribution in [3.8, 4) is 0 Å². The van der Waals surface area contributed by atoms with Crippen LogP contribution in [0.25, 0.3) is 0 Å². The second-order valence-corrected chi connectivity index (χ2v) is 5.73. The molecule has 2 N–H and O–H groups in total. The fraction of sp³-hybridized carbons (Fsp3) is 0.909. The normalized spacial score (nSPS) is 29.2. The van der Waals surface area contributed by atoms with Crippen molar-refractivity contribution >= 4 is 0 Å². The quantitative estimate of drug-likeness (QED) is 0.809. The van der Waals surface area contributed by atoms with Gasteiger partial charge in [0.05, 0.1) is 7.05 Å². The van der Waals surface area contributed by atoms with E-state index in [0.717, 1.165) is 25.1 Å². The summed E-state index contributed by atoms with van der Waals surface area (Å²) in [4.78, 5) is 1.51. The Labute approximate surface area is 96.4 Å². The van der Waals surface area contributed by atoms with E-state index in [1.165, 1.54) is 11.2 Å². The Balaban J connectivity index is 2.02. The molecule has 2 rings (SSSR count). The molecule has 5 heteroatoms. The van der Waals surface area contributed by atoms with Gasteiger partial charge in [-0.25, -0.2) is 0 Å². The molecular formula is C11H21N5. The molecule has 1 aromatic rings. The first-order valence-electron chi connectivity index (χ1n) is 5.95. The summed E-state index contributed by atoms with van der Waals surface area (Å²) in [5, 5.41) is 12.1. The molecule has 1 aliphatic rings. The van der Waals surface area contributed by atoms with E-state index in [1.807, 2.05) is 0 Å². The summed E-state index contributed by atoms with van der Waals surface area (Å²) in [5.74, 6) is 1.31. The SMILES string of the molecule is Cn1nnc(CC2CC(C)(C)CCC2N)n1. The Morgan fingerprint density at radius 1 is 1.50 bits per heavy atom. The predicted molar refractivity (Wildman–Crippen MR) is 61.6 cm³/mol. The summed E-state index contributed by atoms with van der Waals surface area (Å²) in [6.45, 7) is 4.63. The third kappa shape index (κ3) is 2.58. The van der Waals surface area contributed by atoms with Crippen molar-refractivity contribution in [2.45, 2.75) is 45.6 Å². The van der Waals surface area contributed by atoms with E-state index in [1.54, 1.807) is 7.05 Å². The van der Waals surface area contributed by atoms with Crippen LogP contribution in [0.4, 0.5) is 0 Å². The Morgan fingerprint density at radius 2 is 2.25 bits per heavy atom. The first-order valence-corrected chi connectivity index (χ1v) is 5.95. The van der Waals surface area contributed by atoms with E-state index < -0.39 is 0 Å². The number of aryl methyl sites for hydroxylation is 1. The number of nitrogens with zero attached hydrogens (tertiary/aromatic N) is 4. The zero-order valence-corrected chi connectivity index (χ0v) is 10.3. The molecule has 0 spiro atoms. The lowest BCUT2D eigenvalue weighted by Crippen LogP contribution is -2.40. The lowest BCUT2D eigenvalue weighted by molar-refractivity contribution is 0.155. The van der Waals surface area contributed by atoms with Crippen LogP contribution in [0.15, 0.2) is 0 Å². The van der Waals surface area contributed by atoms with Gasteiger partial charge < -0.3 is 5.73 Å². The van der Waals surface area contributed by atoms with Gasteiger partial charge in [-0.15, -0.1) is 10.2 Å². The highest BCUT2D eigenvalue weighted by Crippen LogP contribution is 2.38. The van der Waals surface area contributed by atoms with Gasteiger partial charge in [-0.3, -0.25) is 0 Å². The van der Waals surface area contributed by atoms with Crippen LogP contribution < -0.4 is 5.73 Å². The highest BCUT2D eigenvalue weighted by Gasteiger charge is 2.33. The van der Waals surface area contributed by atoms with Crippen LogP contribution >= 0.6 is 0 Å². The lowest BCUT2D eigenvalue weighted by atomic mass is 9.69. The number of hydrogen-bond acceptors (Lipinski definition) is 4. The van der Waals surface area contributed by atoms with Crippen molar-refractivity contribution in [2.75, 3.05) is 0 Å². The molecule has 2 unspecified atom stereocenters. The van der Waals surface area contributed by atoms with Gasteiger partial charge in [0.15, 0.2) is 5.82 Å². The Kier molecular flexibility index (Phi) is 2.97. The largest absolute Gasteiger partial charge is 0.327 e. The minimum absolute atomic E-state index is 0.289. The topological polar surface area (TPSA) is 69.6 Å². The molecule has 0 saturated heterocycles. The second kappa shape index (κ2) is 4.13. The van der Waals surface area contributed by atoms with Crippen molar-refractivity contribution < 1.29 is 0 Å². The fourth-order valence-electron chi connectivity index (χ4n) is 2.62. The number of aromatic nitrogens is 4. The average Bonchev–Trinajstić information content (AvgIpc) is 2.58. The molecule has 0 aromatic carbocycles. The van der Waals surface area contributed by atoms with Crippen molar-refractivity contribution in [1.82, 2.24) is 20.2 Å². The zero-order chi connectivity index (χ0) is 11.8. The van der Waals surface area contributed by atoms with Gasteiger partial charge in [-0.1, -0.05) is 13.8 Å². The Bertz CT molecular complexity index is 357. The molecule has 16 heavy (non-hydrogen) atoms. The molecule has 0 bridgehead atoms. The highest BCUT2D eigenvalue weighted by molar-refractivity contribution is 4.92. The molecule has 1 aromatic heterocycles. The minimum Gasteiger partial charge on any atom is -0.327 e. The summed E-state index contributed by atoms with van der Waals surface area (Å²) in [7, 11) is 1.79. The summed E-state index contributed by atoms with van der Waals surface area (Å²) in [6.07, 6.45) is 4.35. The van der Waals surface area contributed by atoms with Crippen molar-refractivity contribution in [3.05, 3.63) is 5.82 Å². The molecule has 2 atom stereocenters. The van der Waals surface area contributed by atoms with Crippen molar-refractivity contribution in [2.24, 2.45) is 24.1 Å². The molecule has 0 amide bonds. The van der Waals surface area contributed by atoms with Crippen LogP contribution in [0.5, 0.6) is 0 Å². The third-order valence-electron chi connectivity index (χ3n) is 3.57. The maximum atomic E-state index is 6.17. The van der Waals surface area contributed by atoms with Crippen LogP contribution in [0.3, 0.4) is 0 Å². The Morgan fingerprint density at radius 3 is 2.88 bits per heavy atom. The van der Waals surface area contributed by atoms with Crippen molar-refractivity contribution in [1.29, 1.82) is 0 Å². The molecule has 90 valence electrons. The summed E-state index contributed by atoms with van der Waals surface area (Å²) in [5.41, 5.74) is 6.58. The number of hydrogen-bond donors (Lipinski definition) is 1. The zero-order valence-electron chi connectivity index (χ0n) is 10.3. The minimum atomic E-state index is 0.289. The van der Waals surface area contributed by atoms with Gasteiger partial charge in [0.1, 0.15) is 0 Å². The van der Waals surface area contributed by atoms with Gasteiger partial charge in [0.2, 0.25) is 0 Å². The van der Waals surface area contributed by atoms with E-state index in [-0.39, 0.29) is 6.04 Å². The van der Waals surface area contributed by atoms with Gasteiger partial charge in [0, 0.05) is 12.5 Å². The maximum Gasteiger partial charge on any atom is 0.175 e. The molecule has 0 aliphatic heterocycles. The van der Waals surface area contributed by atoms with E-state index in [4.69, 9.17) is 5.73 Å². The molecule has 1 heterocycles. The van der Waals surface area contributed by atoms with Crippen LogP contribution in [-0.2, 0) is 13.5 Å². The number of tetrazole rings is 1. The van der Waals surface area contributed by atoms with Gasteiger partial charge >= 0.3 is 0 Å². The standard InChI is InChI=1S/C11H21N5/c1-11(2)5-4-9(12)8(7-11)6-10-13-15-16(3)14-10/h8-9H,4-7,12H2,1-3H3. The smallest absolute Gasteiger partial charge is 0.175 e. The van der Waals surface area contributed by atoms with E-state index in [0.29, 0.717) is 11.3 Å². The van der Waals surface area contributed by atoms with E-state index in [9.17, 15) is 0 Å². The third-order valence-corrected chi connectivity index (χ3v) is 3.57. The van der Waals surface area contributed by atoms with Crippen LogP contribution in [-0.4, -0.2) is 26.2 Å². The van der Waals surface area contributed by atoms with Gasteiger partial charge in [-0.05, 0) is 35.8 Å². The lowest BCUT2D eigenvalue weighted by Gasteiger charge is -2.38. The first-order chi connectivity index (χ1) is 7.46. The fourth-order valence-corrected chi connectivity index (χ4v) is 2.62. The van der Waals surface area contributed by atoms with Gasteiger partial charge in [0.25, 0.3) is 0 Å². The van der Waals surface area contributed by atoms with E-state index in [2.05, 4.69) is 29.3 Å². The summed E-state index contributed by atoms with van der Waals surface area (Å²) in [6, 6.07) is 0.289. The van der Waals surface area contributed by atoms with Crippen LogP contribution in [0.1, 0.15) is 38.9 Å². The van der Waals surface area contributed by atoms with Crippen molar-refractivity contribution in [3.63, 3.8) is 0 Å². The summed E-state index contributed by atoms with van der Waals surface area (Å²) < 4.78 is 0.